The number of aromatic nitrogens is 1. The van der Waals surface area contributed by atoms with Crippen LogP contribution in [0.4, 0.5) is 0 Å². The Kier molecular flexibility index (Phi) is 4.51. The molecule has 0 aliphatic carbocycles. The molecular weight excluding hydrogens is 196 g/mol. The Balaban J connectivity index is 2.51. The van der Waals surface area contributed by atoms with E-state index in [9.17, 15) is 0 Å². The van der Waals surface area contributed by atoms with Crippen LogP contribution in [0.15, 0.2) is 11.7 Å². The molecule has 1 heterocycles. The quantitative estimate of drug-likeness (QED) is 0.785. The van der Waals surface area contributed by atoms with E-state index >= 15 is 0 Å². The van der Waals surface area contributed by atoms with Gasteiger partial charge in [-0.05, 0) is 12.8 Å². The first kappa shape index (κ1) is 11.6. The van der Waals surface area contributed by atoms with Crippen LogP contribution >= 0.6 is 11.3 Å². The van der Waals surface area contributed by atoms with E-state index in [0.717, 1.165) is 0 Å². The predicted octanol–water partition coefficient (Wildman–Crippen LogP) is 1.81. The SMILES string of the molecule is CC(NC(CO)C(C)C)c1cncs1. The molecule has 0 saturated carbocycles. The van der Waals surface area contributed by atoms with Crippen molar-refractivity contribution in [3.63, 3.8) is 0 Å². The molecule has 1 rings (SSSR count). The van der Waals surface area contributed by atoms with Gasteiger partial charge in [0, 0.05) is 23.2 Å². The summed E-state index contributed by atoms with van der Waals surface area (Å²) in [5, 5.41) is 12.6. The van der Waals surface area contributed by atoms with Crippen molar-refractivity contribution in [2.75, 3.05) is 6.61 Å². The second-order valence-electron chi connectivity index (χ2n) is 3.83. The molecule has 0 fully saturated rings. The number of aliphatic hydroxyl groups is 1. The molecule has 0 aliphatic rings. The highest BCUT2D eigenvalue weighted by molar-refractivity contribution is 7.09. The molecule has 4 heteroatoms. The van der Waals surface area contributed by atoms with Gasteiger partial charge in [-0.1, -0.05) is 13.8 Å². The van der Waals surface area contributed by atoms with Crippen molar-refractivity contribution >= 4 is 11.3 Å². The zero-order valence-electron chi connectivity index (χ0n) is 8.90. The molecule has 2 atom stereocenters. The van der Waals surface area contributed by atoms with Crippen LogP contribution in [0, 0.1) is 5.92 Å². The van der Waals surface area contributed by atoms with Gasteiger partial charge in [0.05, 0.1) is 12.1 Å². The number of hydrogen-bond acceptors (Lipinski definition) is 4. The molecule has 2 unspecified atom stereocenters. The average molecular weight is 214 g/mol. The lowest BCUT2D eigenvalue weighted by Gasteiger charge is -2.23. The van der Waals surface area contributed by atoms with E-state index in [2.05, 4.69) is 31.1 Å². The number of nitrogens with one attached hydrogen (secondary N) is 1. The van der Waals surface area contributed by atoms with Crippen LogP contribution < -0.4 is 5.32 Å². The van der Waals surface area contributed by atoms with Crippen molar-refractivity contribution in [1.82, 2.24) is 10.3 Å². The third-order valence-corrected chi connectivity index (χ3v) is 3.30. The van der Waals surface area contributed by atoms with Crippen LogP contribution in [0.2, 0.25) is 0 Å². The molecular formula is C10H18N2OS. The van der Waals surface area contributed by atoms with Crippen molar-refractivity contribution in [2.45, 2.75) is 32.9 Å². The summed E-state index contributed by atoms with van der Waals surface area (Å²) in [6, 6.07) is 0.425. The van der Waals surface area contributed by atoms with Gasteiger partial charge in [0.1, 0.15) is 0 Å². The van der Waals surface area contributed by atoms with Crippen LogP contribution in [-0.2, 0) is 0 Å². The summed E-state index contributed by atoms with van der Waals surface area (Å²) >= 11 is 1.64. The topological polar surface area (TPSA) is 45.1 Å². The first-order valence-corrected chi connectivity index (χ1v) is 5.78. The van der Waals surface area contributed by atoms with E-state index in [0.29, 0.717) is 5.92 Å². The predicted molar refractivity (Wildman–Crippen MR) is 59.4 cm³/mol. The zero-order chi connectivity index (χ0) is 10.6. The molecule has 14 heavy (non-hydrogen) atoms. The third-order valence-electron chi connectivity index (χ3n) is 2.34. The number of aliphatic hydroxyl groups excluding tert-OH is 1. The van der Waals surface area contributed by atoms with Crippen LogP contribution in [0.5, 0.6) is 0 Å². The first-order chi connectivity index (χ1) is 6.65. The number of nitrogens with zero attached hydrogens (tertiary/aromatic N) is 1. The fraction of sp³-hybridized carbons (Fsp3) is 0.700. The van der Waals surface area contributed by atoms with Crippen LogP contribution in [-0.4, -0.2) is 22.7 Å². The zero-order valence-corrected chi connectivity index (χ0v) is 9.71. The summed E-state index contributed by atoms with van der Waals surface area (Å²) < 4.78 is 0. The van der Waals surface area contributed by atoms with Crippen LogP contribution in [0.3, 0.4) is 0 Å². The summed E-state index contributed by atoms with van der Waals surface area (Å²) in [7, 11) is 0. The highest BCUT2D eigenvalue weighted by Gasteiger charge is 2.16. The van der Waals surface area contributed by atoms with Crippen molar-refractivity contribution < 1.29 is 5.11 Å². The molecule has 0 saturated heterocycles. The highest BCUT2D eigenvalue weighted by Crippen LogP contribution is 2.18. The van der Waals surface area contributed by atoms with Gasteiger partial charge in [-0.15, -0.1) is 11.3 Å². The van der Waals surface area contributed by atoms with Crippen LogP contribution in [0.25, 0.3) is 0 Å². The van der Waals surface area contributed by atoms with Gasteiger partial charge in [-0.25, -0.2) is 0 Å². The lowest BCUT2D eigenvalue weighted by molar-refractivity contribution is 0.202. The maximum Gasteiger partial charge on any atom is 0.0794 e. The molecule has 0 radical (unpaired) electrons. The van der Waals surface area contributed by atoms with E-state index in [4.69, 9.17) is 5.11 Å². The number of thiazole rings is 1. The monoisotopic (exact) mass is 214 g/mol. The molecule has 3 nitrogen and oxygen atoms in total. The molecule has 1 aromatic heterocycles. The standard InChI is InChI=1S/C10H18N2OS/c1-7(2)9(5-13)12-8(3)10-4-11-6-14-10/h4,6-9,12-13H,5H2,1-3H3. The molecule has 0 spiro atoms. The number of rotatable bonds is 5. The molecule has 0 bridgehead atoms. The summed E-state index contributed by atoms with van der Waals surface area (Å²) in [5.74, 6) is 0.440. The van der Waals surface area contributed by atoms with Crippen molar-refractivity contribution in [3.8, 4) is 0 Å². The molecule has 0 amide bonds. The fourth-order valence-electron chi connectivity index (χ4n) is 1.30. The summed E-state index contributed by atoms with van der Waals surface area (Å²) in [6.07, 6.45) is 1.87. The Labute approximate surface area is 89.2 Å². The Morgan fingerprint density at radius 3 is 2.64 bits per heavy atom. The minimum atomic E-state index is 0.159. The van der Waals surface area contributed by atoms with Gasteiger partial charge in [0.25, 0.3) is 0 Å². The van der Waals surface area contributed by atoms with E-state index in [-0.39, 0.29) is 18.7 Å². The Morgan fingerprint density at radius 2 is 2.21 bits per heavy atom. The van der Waals surface area contributed by atoms with Gasteiger partial charge in [0.15, 0.2) is 0 Å². The number of hydrogen-bond donors (Lipinski definition) is 2. The minimum Gasteiger partial charge on any atom is -0.395 e. The van der Waals surface area contributed by atoms with Crippen molar-refractivity contribution in [2.24, 2.45) is 5.92 Å². The third kappa shape index (κ3) is 3.04. The lowest BCUT2D eigenvalue weighted by atomic mass is 10.0. The largest absolute Gasteiger partial charge is 0.395 e. The summed E-state index contributed by atoms with van der Waals surface area (Å²) in [4.78, 5) is 5.25. The van der Waals surface area contributed by atoms with Gasteiger partial charge in [-0.3, -0.25) is 4.98 Å². The van der Waals surface area contributed by atoms with Gasteiger partial charge in [0.2, 0.25) is 0 Å². The smallest absolute Gasteiger partial charge is 0.0794 e. The average Bonchev–Trinajstić information content (AvgIpc) is 2.65. The van der Waals surface area contributed by atoms with Gasteiger partial charge in [-0.2, -0.15) is 0 Å². The summed E-state index contributed by atoms with van der Waals surface area (Å²) in [5.41, 5.74) is 1.83. The first-order valence-electron chi connectivity index (χ1n) is 4.90. The lowest BCUT2D eigenvalue weighted by Crippen LogP contribution is -2.38. The highest BCUT2D eigenvalue weighted by atomic mass is 32.1. The molecule has 80 valence electrons. The Bertz CT molecular complexity index is 249. The molecule has 2 N–H and O–H groups in total. The maximum absolute atomic E-state index is 9.17. The normalized spacial score (nSPS) is 15.8. The maximum atomic E-state index is 9.17. The second kappa shape index (κ2) is 5.44. The van der Waals surface area contributed by atoms with E-state index < -0.39 is 0 Å². The van der Waals surface area contributed by atoms with Gasteiger partial charge < -0.3 is 10.4 Å². The summed E-state index contributed by atoms with van der Waals surface area (Å²) in [6.45, 7) is 6.49. The molecule has 1 aromatic rings. The van der Waals surface area contributed by atoms with E-state index in [1.807, 2.05) is 11.7 Å². The second-order valence-corrected chi connectivity index (χ2v) is 4.74. The van der Waals surface area contributed by atoms with E-state index in [1.54, 1.807) is 11.3 Å². The van der Waals surface area contributed by atoms with Crippen molar-refractivity contribution in [3.05, 3.63) is 16.6 Å². The van der Waals surface area contributed by atoms with Gasteiger partial charge >= 0.3 is 0 Å². The fourth-order valence-corrected chi connectivity index (χ4v) is 1.94. The minimum absolute atomic E-state index is 0.159. The van der Waals surface area contributed by atoms with Crippen molar-refractivity contribution in [1.29, 1.82) is 0 Å². The van der Waals surface area contributed by atoms with Crippen LogP contribution in [0.1, 0.15) is 31.7 Å². The molecule has 0 aliphatic heterocycles. The Morgan fingerprint density at radius 1 is 1.50 bits per heavy atom. The molecule has 0 aromatic carbocycles. The van der Waals surface area contributed by atoms with E-state index in [1.165, 1.54) is 4.88 Å². The Hall–Kier alpha value is -0.450.